The molecule has 0 heterocycles. The van der Waals surface area contributed by atoms with Gasteiger partial charge < -0.3 is 28.4 Å². The Morgan fingerprint density at radius 3 is 1.16 bits per heavy atom. The normalized spacial score (nSPS) is 13.4. The lowest BCUT2D eigenvalue weighted by Crippen LogP contribution is -2.37. The fourth-order valence-electron chi connectivity index (χ4n) is 2.93. The molecule has 0 spiro atoms. The molecule has 0 aromatic carbocycles. The van der Waals surface area contributed by atoms with Crippen LogP contribution in [0.15, 0.2) is 0 Å². The van der Waals surface area contributed by atoms with Gasteiger partial charge in [-0.1, -0.05) is 0 Å². The van der Waals surface area contributed by atoms with Crippen LogP contribution in [0.25, 0.3) is 0 Å². The Kier molecular flexibility index (Phi) is 19.2. The van der Waals surface area contributed by atoms with Gasteiger partial charge in [-0.05, 0) is 54.4 Å². The van der Waals surface area contributed by atoms with E-state index in [1.807, 2.05) is 27.7 Å². The van der Waals surface area contributed by atoms with Crippen LogP contribution in [0, 0.1) is 0 Å². The van der Waals surface area contributed by atoms with E-state index < -0.39 is 12.6 Å². The van der Waals surface area contributed by atoms with Crippen molar-refractivity contribution >= 4 is 23.7 Å². The molecule has 184 valence electrons. The smallest absolute Gasteiger partial charge is 0.305 e. The SMILES string of the molecule is CCOC(=O)CCC(SC(CCC(=O)OCC)C(OCC)OCC)C(OCC)OCC. The average Bonchev–Trinajstić information content (AvgIpc) is 2.73. The summed E-state index contributed by atoms with van der Waals surface area (Å²) in [6.45, 7) is 13.8. The number of hydrogen-bond acceptors (Lipinski definition) is 9. The molecule has 9 heteroatoms. The molecule has 8 nitrogen and oxygen atoms in total. The third-order valence-electron chi connectivity index (χ3n) is 4.16. The highest BCUT2D eigenvalue weighted by atomic mass is 32.2. The van der Waals surface area contributed by atoms with Crippen molar-refractivity contribution in [2.24, 2.45) is 0 Å². The number of ether oxygens (including phenoxy) is 6. The van der Waals surface area contributed by atoms with Gasteiger partial charge in [0.25, 0.3) is 0 Å². The molecule has 0 fully saturated rings. The first kappa shape index (κ1) is 30.1. The molecule has 0 rings (SSSR count). The van der Waals surface area contributed by atoms with Crippen molar-refractivity contribution in [3.8, 4) is 0 Å². The van der Waals surface area contributed by atoms with Crippen molar-refractivity contribution in [3.63, 3.8) is 0 Å². The molecule has 0 saturated heterocycles. The van der Waals surface area contributed by atoms with Gasteiger partial charge in [-0.3, -0.25) is 9.59 Å². The summed E-state index contributed by atoms with van der Waals surface area (Å²) in [6, 6.07) is 0. The van der Waals surface area contributed by atoms with Crippen LogP contribution in [0.5, 0.6) is 0 Å². The highest BCUT2D eigenvalue weighted by Crippen LogP contribution is 2.33. The topological polar surface area (TPSA) is 89.5 Å². The van der Waals surface area contributed by atoms with Gasteiger partial charge in [0, 0.05) is 39.3 Å². The summed E-state index contributed by atoms with van der Waals surface area (Å²) in [5, 5.41) is -0.333. The van der Waals surface area contributed by atoms with Crippen LogP contribution >= 0.6 is 11.8 Å². The molecule has 0 aromatic rings. The van der Waals surface area contributed by atoms with Gasteiger partial charge in [0.1, 0.15) is 0 Å². The minimum Gasteiger partial charge on any atom is -0.466 e. The van der Waals surface area contributed by atoms with Gasteiger partial charge >= 0.3 is 11.9 Å². The zero-order chi connectivity index (χ0) is 23.5. The predicted octanol–water partition coefficient (Wildman–Crippen LogP) is 3.94. The summed E-state index contributed by atoms with van der Waals surface area (Å²) in [6.07, 6.45) is 0.526. The second kappa shape index (κ2) is 19.8. The van der Waals surface area contributed by atoms with E-state index in [9.17, 15) is 9.59 Å². The molecule has 0 radical (unpaired) electrons. The molecule has 0 amide bonds. The summed E-state index contributed by atoms with van der Waals surface area (Å²) < 4.78 is 33.5. The molecular formula is C22H42O8S. The third-order valence-corrected chi connectivity index (χ3v) is 5.77. The minimum absolute atomic E-state index is 0.167. The maximum Gasteiger partial charge on any atom is 0.305 e. The predicted molar refractivity (Wildman–Crippen MR) is 121 cm³/mol. The van der Waals surface area contributed by atoms with Gasteiger partial charge in [-0.2, -0.15) is 0 Å². The summed E-state index contributed by atoms with van der Waals surface area (Å²) in [5.74, 6) is -0.511. The molecule has 0 saturated carbocycles. The molecule has 2 atom stereocenters. The van der Waals surface area contributed by atoms with E-state index >= 15 is 0 Å². The van der Waals surface area contributed by atoms with Gasteiger partial charge in [0.05, 0.1) is 23.7 Å². The lowest BCUT2D eigenvalue weighted by atomic mass is 10.2. The lowest BCUT2D eigenvalue weighted by molar-refractivity contribution is -0.147. The van der Waals surface area contributed by atoms with Crippen molar-refractivity contribution < 1.29 is 38.0 Å². The summed E-state index contributed by atoms with van der Waals surface area (Å²) in [4.78, 5) is 23.9. The summed E-state index contributed by atoms with van der Waals surface area (Å²) in [7, 11) is 0. The van der Waals surface area contributed by atoms with Crippen molar-refractivity contribution in [1.82, 2.24) is 0 Å². The van der Waals surface area contributed by atoms with E-state index in [2.05, 4.69) is 0 Å². The summed E-state index contributed by atoms with van der Waals surface area (Å²) >= 11 is 1.57. The van der Waals surface area contributed by atoms with Gasteiger partial charge in [-0.15, -0.1) is 11.8 Å². The molecule has 0 bridgehead atoms. The maximum atomic E-state index is 12.0. The Balaban J connectivity index is 5.53. The van der Waals surface area contributed by atoms with Gasteiger partial charge in [0.2, 0.25) is 0 Å². The van der Waals surface area contributed by atoms with Crippen LogP contribution in [0.2, 0.25) is 0 Å². The Morgan fingerprint density at radius 2 is 0.903 bits per heavy atom. The monoisotopic (exact) mass is 466 g/mol. The average molecular weight is 467 g/mol. The Bertz CT molecular complexity index is 411. The van der Waals surface area contributed by atoms with E-state index in [-0.39, 0.29) is 35.3 Å². The molecule has 0 aliphatic carbocycles. The van der Waals surface area contributed by atoms with Crippen LogP contribution < -0.4 is 0 Å². The van der Waals surface area contributed by atoms with E-state index in [0.29, 0.717) is 52.5 Å². The van der Waals surface area contributed by atoms with Crippen molar-refractivity contribution in [2.45, 2.75) is 90.3 Å². The number of rotatable bonds is 20. The molecule has 2 unspecified atom stereocenters. The number of hydrogen-bond donors (Lipinski definition) is 0. The second-order valence-electron chi connectivity index (χ2n) is 6.46. The van der Waals surface area contributed by atoms with E-state index in [4.69, 9.17) is 28.4 Å². The molecule has 0 N–H and O–H groups in total. The molecular weight excluding hydrogens is 424 g/mol. The first-order valence-electron chi connectivity index (χ1n) is 11.4. The second-order valence-corrected chi connectivity index (χ2v) is 7.94. The van der Waals surface area contributed by atoms with Crippen LogP contribution in [0.1, 0.15) is 67.2 Å². The standard InChI is InChI=1S/C22H42O8S/c1-7-25-19(23)15-13-17(21(27-9-3)28-10-4)31-18(14-16-20(24)26-8-2)22(29-11-5)30-12-6/h17-18,21-22H,7-16H2,1-6H3. The maximum absolute atomic E-state index is 12.0. The van der Waals surface area contributed by atoms with Gasteiger partial charge in [0.15, 0.2) is 12.6 Å². The van der Waals surface area contributed by atoms with E-state index in [0.717, 1.165) is 0 Å². The highest BCUT2D eigenvalue weighted by molar-refractivity contribution is 8.00. The van der Waals surface area contributed by atoms with Crippen molar-refractivity contribution in [1.29, 1.82) is 0 Å². The number of carbonyl (C=O) groups excluding carboxylic acids is 2. The first-order valence-corrected chi connectivity index (χ1v) is 12.3. The molecule has 0 aliphatic rings. The molecule has 0 aliphatic heterocycles. The summed E-state index contributed by atoms with van der Waals surface area (Å²) in [5.41, 5.74) is 0. The third kappa shape index (κ3) is 14.0. The Hall–Kier alpha value is -0.870. The van der Waals surface area contributed by atoms with Crippen LogP contribution in [-0.4, -0.2) is 74.7 Å². The lowest BCUT2D eigenvalue weighted by Gasteiger charge is -2.33. The van der Waals surface area contributed by atoms with Crippen molar-refractivity contribution in [2.75, 3.05) is 39.6 Å². The van der Waals surface area contributed by atoms with Crippen LogP contribution in [0.3, 0.4) is 0 Å². The fraction of sp³-hybridized carbons (Fsp3) is 0.909. The van der Waals surface area contributed by atoms with Gasteiger partial charge in [-0.25, -0.2) is 0 Å². The number of thioether (sulfide) groups is 1. The first-order chi connectivity index (χ1) is 15.0. The van der Waals surface area contributed by atoms with E-state index in [1.165, 1.54) is 0 Å². The Labute approximate surface area is 192 Å². The van der Waals surface area contributed by atoms with Crippen LogP contribution in [0.4, 0.5) is 0 Å². The quantitative estimate of drug-likeness (QED) is 0.195. The number of esters is 2. The minimum atomic E-state index is -0.497. The van der Waals surface area contributed by atoms with Crippen LogP contribution in [-0.2, 0) is 38.0 Å². The highest BCUT2D eigenvalue weighted by Gasteiger charge is 2.32. The fourth-order valence-corrected chi connectivity index (χ4v) is 4.46. The Morgan fingerprint density at radius 1 is 0.581 bits per heavy atom. The van der Waals surface area contributed by atoms with Crippen molar-refractivity contribution in [3.05, 3.63) is 0 Å². The number of carbonyl (C=O) groups is 2. The van der Waals surface area contributed by atoms with E-state index in [1.54, 1.807) is 25.6 Å². The molecule has 0 aromatic heterocycles. The zero-order valence-corrected chi connectivity index (χ0v) is 20.9. The largest absolute Gasteiger partial charge is 0.466 e. The zero-order valence-electron chi connectivity index (χ0n) is 20.1. The molecule has 31 heavy (non-hydrogen) atoms.